The first kappa shape index (κ1) is 15.2. The van der Waals surface area contributed by atoms with Crippen LogP contribution in [-0.2, 0) is 6.54 Å². The monoisotopic (exact) mass is 291 g/mol. The van der Waals surface area contributed by atoms with Crippen molar-refractivity contribution in [1.82, 2.24) is 15.1 Å². The zero-order valence-corrected chi connectivity index (χ0v) is 12.0. The molecular formula is C15H18FN3O2. The van der Waals surface area contributed by atoms with Crippen LogP contribution in [0.3, 0.4) is 0 Å². The standard InChI is InChI=1S/C15H18FN3O2/c1-3-10(2)17-9-13-14(20)8-15(21)19(18-13)12-6-4-5-11(16)7-12/h4-8,10,17,20H,3,9H2,1-2H3. The average molecular weight is 291 g/mol. The molecule has 112 valence electrons. The number of rotatable bonds is 5. The predicted molar refractivity (Wildman–Crippen MR) is 78.0 cm³/mol. The van der Waals surface area contributed by atoms with Crippen LogP contribution >= 0.6 is 0 Å². The van der Waals surface area contributed by atoms with E-state index in [0.717, 1.165) is 17.2 Å². The Morgan fingerprint density at radius 2 is 2.19 bits per heavy atom. The minimum absolute atomic E-state index is 0.163. The number of aromatic hydroxyl groups is 1. The van der Waals surface area contributed by atoms with E-state index in [9.17, 15) is 14.3 Å². The Balaban J connectivity index is 2.37. The van der Waals surface area contributed by atoms with Gasteiger partial charge < -0.3 is 10.4 Å². The van der Waals surface area contributed by atoms with Crippen molar-refractivity contribution < 1.29 is 9.50 Å². The topological polar surface area (TPSA) is 67.2 Å². The van der Waals surface area contributed by atoms with Crippen molar-refractivity contribution in [3.8, 4) is 11.4 Å². The van der Waals surface area contributed by atoms with Gasteiger partial charge in [-0.15, -0.1) is 0 Å². The summed E-state index contributed by atoms with van der Waals surface area (Å²) in [4.78, 5) is 11.9. The molecular weight excluding hydrogens is 273 g/mol. The van der Waals surface area contributed by atoms with Crippen LogP contribution in [0.15, 0.2) is 35.1 Å². The number of nitrogens with one attached hydrogen (secondary N) is 1. The van der Waals surface area contributed by atoms with Gasteiger partial charge in [-0.25, -0.2) is 4.39 Å². The molecule has 0 aliphatic heterocycles. The van der Waals surface area contributed by atoms with Crippen LogP contribution in [0.4, 0.5) is 4.39 Å². The summed E-state index contributed by atoms with van der Waals surface area (Å²) >= 11 is 0. The molecule has 2 aromatic rings. The van der Waals surface area contributed by atoms with E-state index in [1.807, 2.05) is 13.8 Å². The molecule has 6 heteroatoms. The van der Waals surface area contributed by atoms with Crippen molar-refractivity contribution in [2.45, 2.75) is 32.9 Å². The number of hydrogen-bond donors (Lipinski definition) is 2. The van der Waals surface area contributed by atoms with E-state index in [1.165, 1.54) is 18.2 Å². The second-order valence-corrected chi connectivity index (χ2v) is 4.90. The van der Waals surface area contributed by atoms with Crippen LogP contribution in [0, 0.1) is 5.82 Å². The Morgan fingerprint density at radius 3 is 2.86 bits per heavy atom. The molecule has 1 atom stereocenters. The second-order valence-electron chi connectivity index (χ2n) is 4.90. The van der Waals surface area contributed by atoms with Gasteiger partial charge in [-0.05, 0) is 31.5 Å². The molecule has 1 aromatic heterocycles. The quantitative estimate of drug-likeness (QED) is 0.884. The molecule has 0 saturated heterocycles. The Kier molecular flexibility index (Phi) is 4.70. The first-order chi connectivity index (χ1) is 10.0. The first-order valence-electron chi connectivity index (χ1n) is 6.82. The molecule has 1 aromatic carbocycles. The zero-order chi connectivity index (χ0) is 15.4. The summed E-state index contributed by atoms with van der Waals surface area (Å²) < 4.78 is 14.3. The molecule has 0 aliphatic rings. The van der Waals surface area contributed by atoms with Gasteiger partial charge in [-0.3, -0.25) is 4.79 Å². The van der Waals surface area contributed by atoms with Crippen molar-refractivity contribution in [2.75, 3.05) is 0 Å². The number of benzene rings is 1. The fourth-order valence-electron chi connectivity index (χ4n) is 1.82. The predicted octanol–water partition coefficient (Wildman–Crippen LogP) is 1.97. The van der Waals surface area contributed by atoms with Gasteiger partial charge in [0.05, 0.1) is 5.69 Å². The van der Waals surface area contributed by atoms with E-state index in [-0.39, 0.29) is 11.8 Å². The van der Waals surface area contributed by atoms with Gasteiger partial charge in [0.2, 0.25) is 0 Å². The van der Waals surface area contributed by atoms with Gasteiger partial charge in [0.1, 0.15) is 17.3 Å². The number of halogens is 1. The highest BCUT2D eigenvalue weighted by atomic mass is 19.1. The molecule has 0 bridgehead atoms. The van der Waals surface area contributed by atoms with Crippen LogP contribution in [0.1, 0.15) is 26.0 Å². The van der Waals surface area contributed by atoms with E-state index in [0.29, 0.717) is 17.9 Å². The van der Waals surface area contributed by atoms with Crippen molar-refractivity contribution >= 4 is 0 Å². The maximum Gasteiger partial charge on any atom is 0.275 e. The van der Waals surface area contributed by atoms with Crippen LogP contribution in [0.2, 0.25) is 0 Å². The third kappa shape index (κ3) is 3.66. The minimum Gasteiger partial charge on any atom is -0.506 e. The molecule has 0 spiro atoms. The van der Waals surface area contributed by atoms with Gasteiger partial charge in [0.15, 0.2) is 0 Å². The summed E-state index contributed by atoms with van der Waals surface area (Å²) in [5, 5.41) is 17.1. The number of hydrogen-bond acceptors (Lipinski definition) is 4. The van der Waals surface area contributed by atoms with Gasteiger partial charge in [-0.1, -0.05) is 13.0 Å². The lowest BCUT2D eigenvalue weighted by Crippen LogP contribution is -2.28. The number of aromatic nitrogens is 2. The molecule has 0 aliphatic carbocycles. The smallest absolute Gasteiger partial charge is 0.275 e. The van der Waals surface area contributed by atoms with Crippen LogP contribution in [0.5, 0.6) is 5.75 Å². The van der Waals surface area contributed by atoms with E-state index in [1.54, 1.807) is 6.07 Å². The van der Waals surface area contributed by atoms with Gasteiger partial charge >= 0.3 is 0 Å². The Labute approximate surface area is 122 Å². The molecule has 21 heavy (non-hydrogen) atoms. The van der Waals surface area contributed by atoms with Crippen molar-refractivity contribution in [1.29, 1.82) is 0 Å². The highest BCUT2D eigenvalue weighted by Gasteiger charge is 2.10. The highest BCUT2D eigenvalue weighted by molar-refractivity contribution is 5.33. The van der Waals surface area contributed by atoms with E-state index in [2.05, 4.69) is 10.4 Å². The summed E-state index contributed by atoms with van der Waals surface area (Å²) in [6.07, 6.45) is 0.935. The summed E-state index contributed by atoms with van der Waals surface area (Å²) in [7, 11) is 0. The molecule has 0 amide bonds. The van der Waals surface area contributed by atoms with Gasteiger partial charge in [0.25, 0.3) is 5.56 Å². The summed E-state index contributed by atoms with van der Waals surface area (Å²) in [6.45, 7) is 4.38. The number of nitrogens with zero attached hydrogens (tertiary/aromatic N) is 2. The summed E-state index contributed by atoms with van der Waals surface area (Å²) in [5.41, 5.74) is 0.161. The Hall–Kier alpha value is -2.21. The third-order valence-electron chi connectivity index (χ3n) is 3.27. The fourth-order valence-corrected chi connectivity index (χ4v) is 1.82. The fraction of sp³-hybridized carbons (Fsp3) is 0.333. The van der Waals surface area contributed by atoms with Crippen molar-refractivity contribution in [2.24, 2.45) is 0 Å². The van der Waals surface area contributed by atoms with Gasteiger partial charge in [0, 0.05) is 18.7 Å². The molecule has 0 fully saturated rings. The lowest BCUT2D eigenvalue weighted by molar-refractivity contribution is 0.443. The van der Waals surface area contributed by atoms with Crippen molar-refractivity contribution in [3.05, 3.63) is 52.2 Å². The van der Waals surface area contributed by atoms with Crippen LogP contribution < -0.4 is 10.9 Å². The van der Waals surface area contributed by atoms with Gasteiger partial charge in [-0.2, -0.15) is 9.78 Å². The third-order valence-corrected chi connectivity index (χ3v) is 3.27. The molecule has 0 radical (unpaired) electrons. The summed E-state index contributed by atoms with van der Waals surface area (Å²) in [5.74, 6) is -0.614. The molecule has 5 nitrogen and oxygen atoms in total. The maximum absolute atomic E-state index is 13.3. The summed E-state index contributed by atoms with van der Waals surface area (Å²) in [6, 6.07) is 6.95. The first-order valence-corrected chi connectivity index (χ1v) is 6.82. The molecule has 1 heterocycles. The van der Waals surface area contributed by atoms with E-state index in [4.69, 9.17) is 0 Å². The maximum atomic E-state index is 13.3. The largest absolute Gasteiger partial charge is 0.506 e. The molecule has 2 N–H and O–H groups in total. The second kappa shape index (κ2) is 6.49. The normalized spacial score (nSPS) is 12.3. The molecule has 2 rings (SSSR count). The van der Waals surface area contributed by atoms with Crippen LogP contribution in [-0.4, -0.2) is 20.9 Å². The Morgan fingerprint density at radius 1 is 1.43 bits per heavy atom. The van der Waals surface area contributed by atoms with Crippen molar-refractivity contribution in [3.63, 3.8) is 0 Å². The van der Waals surface area contributed by atoms with Crippen LogP contribution in [0.25, 0.3) is 5.69 Å². The molecule has 0 saturated carbocycles. The zero-order valence-electron chi connectivity index (χ0n) is 12.0. The minimum atomic E-state index is -0.509. The molecule has 1 unspecified atom stereocenters. The SMILES string of the molecule is CCC(C)NCc1nn(-c2cccc(F)c2)c(=O)cc1O. The Bertz CT molecular complexity index is 685. The average Bonchev–Trinajstić information content (AvgIpc) is 2.46. The van der Waals surface area contributed by atoms with E-state index < -0.39 is 11.4 Å². The highest BCUT2D eigenvalue weighted by Crippen LogP contribution is 2.13. The lowest BCUT2D eigenvalue weighted by atomic mass is 10.2. The van der Waals surface area contributed by atoms with E-state index >= 15 is 0 Å². The lowest BCUT2D eigenvalue weighted by Gasteiger charge is -2.13.